The molecule has 1 atom stereocenters. The van der Waals surface area contributed by atoms with Gasteiger partial charge in [0.05, 0.1) is 12.8 Å². The van der Waals surface area contributed by atoms with Gasteiger partial charge in [0.15, 0.2) is 0 Å². The summed E-state index contributed by atoms with van der Waals surface area (Å²) in [7, 11) is 1.69. The molecule has 1 aromatic heterocycles. The molecular formula is C24H28N2O2. The molecule has 4 nitrogen and oxygen atoms in total. The first-order valence-corrected chi connectivity index (χ1v) is 10.2. The third-order valence-electron chi connectivity index (χ3n) is 5.66. The molecule has 0 spiro atoms. The Morgan fingerprint density at radius 2 is 1.89 bits per heavy atom. The lowest BCUT2D eigenvalue weighted by Gasteiger charge is -2.15. The average molecular weight is 377 g/mol. The van der Waals surface area contributed by atoms with E-state index in [-0.39, 0.29) is 11.9 Å². The van der Waals surface area contributed by atoms with Crippen molar-refractivity contribution in [3.63, 3.8) is 0 Å². The number of nitrogens with zero attached hydrogens (tertiary/aromatic N) is 1. The van der Waals surface area contributed by atoms with Crippen LogP contribution < -0.4 is 10.1 Å². The molecule has 1 aliphatic heterocycles. The first-order valence-electron chi connectivity index (χ1n) is 10.2. The maximum atomic E-state index is 11.7. The SMILES string of the molecule is COc1nc(/C(=C/[C@H]2CCC(=O)N2)c2ccc(C(C)C)cc2)ccc1C1CC1. The van der Waals surface area contributed by atoms with Gasteiger partial charge < -0.3 is 10.1 Å². The smallest absolute Gasteiger partial charge is 0.220 e. The number of nitrogens with one attached hydrogen (secondary N) is 1. The van der Waals surface area contributed by atoms with Crippen molar-refractivity contribution in [2.45, 2.75) is 57.4 Å². The molecular weight excluding hydrogens is 348 g/mol. The van der Waals surface area contributed by atoms with E-state index < -0.39 is 0 Å². The van der Waals surface area contributed by atoms with Gasteiger partial charge in [0.2, 0.25) is 11.8 Å². The van der Waals surface area contributed by atoms with Crippen LogP contribution in [0, 0.1) is 0 Å². The molecule has 28 heavy (non-hydrogen) atoms. The highest BCUT2D eigenvalue weighted by molar-refractivity contribution is 5.82. The molecule has 4 heteroatoms. The Kier molecular flexibility index (Phi) is 5.21. The van der Waals surface area contributed by atoms with Gasteiger partial charge in [-0.1, -0.05) is 50.3 Å². The first kappa shape index (κ1) is 18.7. The zero-order valence-electron chi connectivity index (χ0n) is 16.9. The van der Waals surface area contributed by atoms with E-state index in [1.807, 2.05) is 0 Å². The molecule has 2 fully saturated rings. The van der Waals surface area contributed by atoms with E-state index in [1.54, 1.807) is 7.11 Å². The van der Waals surface area contributed by atoms with Crippen molar-refractivity contribution in [2.75, 3.05) is 7.11 Å². The van der Waals surface area contributed by atoms with Crippen LogP contribution in [-0.4, -0.2) is 24.0 Å². The summed E-state index contributed by atoms with van der Waals surface area (Å²) < 4.78 is 5.60. The Balaban J connectivity index is 1.74. The second kappa shape index (κ2) is 7.78. The highest BCUT2D eigenvalue weighted by Gasteiger charge is 2.28. The van der Waals surface area contributed by atoms with Crippen molar-refractivity contribution >= 4 is 11.5 Å². The van der Waals surface area contributed by atoms with E-state index in [1.165, 1.54) is 24.0 Å². The van der Waals surface area contributed by atoms with E-state index in [0.717, 1.165) is 29.1 Å². The lowest BCUT2D eigenvalue weighted by Crippen LogP contribution is -2.23. The van der Waals surface area contributed by atoms with Gasteiger partial charge in [-0.3, -0.25) is 4.79 Å². The summed E-state index contributed by atoms with van der Waals surface area (Å²) >= 11 is 0. The van der Waals surface area contributed by atoms with Gasteiger partial charge in [0, 0.05) is 23.6 Å². The van der Waals surface area contributed by atoms with Crippen LogP contribution >= 0.6 is 0 Å². The van der Waals surface area contributed by atoms with Crippen molar-refractivity contribution < 1.29 is 9.53 Å². The van der Waals surface area contributed by atoms with Gasteiger partial charge in [-0.15, -0.1) is 0 Å². The van der Waals surface area contributed by atoms with Crippen LogP contribution in [0.1, 0.15) is 73.8 Å². The number of hydrogen-bond donors (Lipinski definition) is 1. The summed E-state index contributed by atoms with van der Waals surface area (Å²) in [4.78, 5) is 16.5. The Morgan fingerprint density at radius 1 is 1.14 bits per heavy atom. The lowest BCUT2D eigenvalue weighted by molar-refractivity contribution is -0.119. The van der Waals surface area contributed by atoms with E-state index >= 15 is 0 Å². The molecule has 4 rings (SSSR count). The van der Waals surface area contributed by atoms with Crippen molar-refractivity contribution in [1.29, 1.82) is 0 Å². The van der Waals surface area contributed by atoms with E-state index in [9.17, 15) is 4.79 Å². The summed E-state index contributed by atoms with van der Waals surface area (Å²) in [6.07, 6.45) is 5.98. The Hall–Kier alpha value is -2.62. The van der Waals surface area contributed by atoms with Gasteiger partial charge >= 0.3 is 0 Å². The molecule has 1 saturated heterocycles. The fourth-order valence-electron chi connectivity index (χ4n) is 3.81. The number of benzene rings is 1. The molecule has 2 aliphatic rings. The number of hydrogen-bond acceptors (Lipinski definition) is 3. The van der Waals surface area contributed by atoms with Gasteiger partial charge in [0.25, 0.3) is 0 Å². The van der Waals surface area contributed by atoms with Crippen LogP contribution in [-0.2, 0) is 4.79 Å². The molecule has 1 amide bonds. The molecule has 0 bridgehead atoms. The molecule has 0 unspecified atom stereocenters. The summed E-state index contributed by atoms with van der Waals surface area (Å²) in [5, 5.41) is 3.05. The number of methoxy groups -OCH3 is 1. The maximum Gasteiger partial charge on any atom is 0.220 e. The Morgan fingerprint density at radius 3 is 2.46 bits per heavy atom. The highest BCUT2D eigenvalue weighted by Crippen LogP contribution is 2.44. The van der Waals surface area contributed by atoms with Crippen molar-refractivity contribution in [2.24, 2.45) is 0 Å². The van der Waals surface area contributed by atoms with E-state index in [4.69, 9.17) is 9.72 Å². The standard InChI is InChI=1S/C24H28N2O2/c1-15(2)16-4-6-18(7-5-16)21(14-19-10-13-23(27)25-19)22-12-11-20(17-8-9-17)24(26-22)28-3/h4-7,11-12,14-15,17,19H,8-10,13H2,1-3H3,(H,25,27)/b21-14+/t19-/m1/s1. The highest BCUT2D eigenvalue weighted by atomic mass is 16.5. The number of rotatable bonds is 6. The molecule has 1 N–H and O–H groups in total. The fourth-order valence-corrected chi connectivity index (χ4v) is 3.81. The predicted octanol–water partition coefficient (Wildman–Crippen LogP) is 4.80. The Bertz CT molecular complexity index is 895. The molecule has 2 aromatic rings. The van der Waals surface area contributed by atoms with Crippen LogP contribution in [0.4, 0.5) is 0 Å². The third-order valence-corrected chi connectivity index (χ3v) is 5.66. The number of ether oxygens (including phenoxy) is 1. The van der Waals surface area contributed by atoms with E-state index in [2.05, 4.69) is 61.6 Å². The molecule has 146 valence electrons. The minimum Gasteiger partial charge on any atom is -0.481 e. The third kappa shape index (κ3) is 3.96. The first-order chi connectivity index (χ1) is 13.5. The van der Waals surface area contributed by atoms with Crippen LogP contribution in [0.15, 0.2) is 42.5 Å². The molecule has 1 aliphatic carbocycles. The molecule has 2 heterocycles. The quantitative estimate of drug-likeness (QED) is 0.788. The maximum absolute atomic E-state index is 11.7. The van der Waals surface area contributed by atoms with Crippen LogP contribution in [0.2, 0.25) is 0 Å². The number of amides is 1. The van der Waals surface area contributed by atoms with Crippen molar-refractivity contribution in [3.8, 4) is 5.88 Å². The summed E-state index contributed by atoms with van der Waals surface area (Å²) in [6.45, 7) is 4.39. The number of pyridine rings is 1. The van der Waals surface area contributed by atoms with Crippen LogP contribution in [0.3, 0.4) is 0 Å². The van der Waals surface area contributed by atoms with Crippen molar-refractivity contribution in [3.05, 3.63) is 64.9 Å². The van der Waals surface area contributed by atoms with Crippen LogP contribution in [0.25, 0.3) is 5.57 Å². The van der Waals surface area contributed by atoms with Crippen molar-refractivity contribution in [1.82, 2.24) is 10.3 Å². The molecule has 1 saturated carbocycles. The zero-order valence-corrected chi connectivity index (χ0v) is 16.9. The van der Waals surface area contributed by atoms with Gasteiger partial charge in [-0.05, 0) is 48.3 Å². The number of carbonyl (C=O) groups is 1. The zero-order chi connectivity index (χ0) is 19.7. The molecule has 1 aromatic carbocycles. The predicted molar refractivity (Wildman–Crippen MR) is 112 cm³/mol. The monoisotopic (exact) mass is 376 g/mol. The lowest BCUT2D eigenvalue weighted by atomic mass is 9.95. The number of carbonyl (C=O) groups excluding carboxylic acids is 1. The summed E-state index contributed by atoms with van der Waals surface area (Å²) in [6, 6.07) is 13.0. The second-order valence-corrected chi connectivity index (χ2v) is 8.14. The van der Waals surface area contributed by atoms with Gasteiger partial charge in [-0.25, -0.2) is 4.98 Å². The number of aromatic nitrogens is 1. The fraction of sp³-hybridized carbons (Fsp3) is 0.417. The summed E-state index contributed by atoms with van der Waals surface area (Å²) in [5.74, 6) is 1.92. The molecule has 0 radical (unpaired) electrons. The topological polar surface area (TPSA) is 51.2 Å². The van der Waals surface area contributed by atoms with Gasteiger partial charge in [0.1, 0.15) is 0 Å². The van der Waals surface area contributed by atoms with Gasteiger partial charge in [-0.2, -0.15) is 0 Å². The average Bonchev–Trinajstić information content (AvgIpc) is 3.47. The minimum atomic E-state index is 0.0446. The van der Waals surface area contributed by atoms with Crippen LogP contribution in [0.5, 0.6) is 5.88 Å². The second-order valence-electron chi connectivity index (χ2n) is 8.14. The summed E-state index contributed by atoms with van der Waals surface area (Å²) in [5.41, 5.74) is 5.56. The van der Waals surface area contributed by atoms with E-state index in [0.29, 0.717) is 18.3 Å². The largest absolute Gasteiger partial charge is 0.481 e. The normalized spacial score (nSPS) is 19.8. The Labute approximate surface area is 167 Å². The minimum absolute atomic E-state index is 0.0446.